The van der Waals surface area contributed by atoms with Crippen LogP contribution in [0.3, 0.4) is 0 Å². The molecule has 9 atom stereocenters. The number of aliphatic hydroxyl groups excluding tert-OH is 2. The van der Waals surface area contributed by atoms with Gasteiger partial charge in [0.2, 0.25) is 0 Å². The monoisotopic (exact) mass is 818 g/mol. The molecule has 0 amide bonds. The summed E-state index contributed by atoms with van der Waals surface area (Å²) in [6.07, 6.45) is 14.5. The number of piperidine rings is 1. The molecule has 0 radical (unpaired) electrons. The van der Waals surface area contributed by atoms with Crippen molar-refractivity contribution in [2.45, 2.75) is 134 Å². The highest BCUT2D eigenvalue weighted by molar-refractivity contribution is 5.85. The Morgan fingerprint density at radius 3 is 2.55 bits per heavy atom. The highest BCUT2D eigenvalue weighted by Gasteiger charge is 2.35. The highest BCUT2D eigenvalue weighted by Crippen LogP contribution is 2.40. The Kier molecular flexibility index (Phi) is 16.4. The molecule has 1 saturated carbocycles. The minimum absolute atomic E-state index is 0.00242. The van der Waals surface area contributed by atoms with E-state index in [1.165, 1.54) is 7.11 Å². The number of hydrogen-bond donors (Lipinski definition) is 5. The van der Waals surface area contributed by atoms with Gasteiger partial charge in [-0.05, 0) is 128 Å². The third-order valence-corrected chi connectivity index (χ3v) is 13.3. The molecule has 1 aromatic heterocycles. The molecule has 3 aliphatic rings. The quantitative estimate of drug-likeness (QED) is 0.0628. The van der Waals surface area contributed by atoms with Gasteiger partial charge in [-0.15, -0.1) is 0 Å². The van der Waals surface area contributed by atoms with Gasteiger partial charge in [-0.1, -0.05) is 87.4 Å². The number of nitrogens with one attached hydrogen (secondary N) is 1. The molecule has 1 saturated heterocycles. The van der Waals surface area contributed by atoms with Gasteiger partial charge in [-0.3, -0.25) is 9.59 Å². The van der Waals surface area contributed by atoms with Crippen LogP contribution in [0.15, 0.2) is 66.9 Å². The van der Waals surface area contributed by atoms with Crippen molar-refractivity contribution in [1.82, 2.24) is 10.3 Å². The van der Waals surface area contributed by atoms with E-state index in [0.717, 1.165) is 73.7 Å². The van der Waals surface area contributed by atoms with Crippen LogP contribution in [0.4, 0.5) is 5.82 Å². The fourth-order valence-corrected chi connectivity index (χ4v) is 9.86. The highest BCUT2D eigenvalue weighted by atomic mass is 16.5. The van der Waals surface area contributed by atoms with Crippen LogP contribution < -0.4 is 15.8 Å². The second-order valence-corrected chi connectivity index (χ2v) is 18.1. The van der Waals surface area contributed by atoms with E-state index < -0.39 is 24.0 Å². The number of nitrogens with zero attached hydrogens (tertiary/aromatic N) is 1. The topological polar surface area (TPSA) is 155 Å². The van der Waals surface area contributed by atoms with Crippen molar-refractivity contribution in [2.75, 3.05) is 19.4 Å². The van der Waals surface area contributed by atoms with E-state index in [2.05, 4.69) is 60.3 Å². The summed E-state index contributed by atoms with van der Waals surface area (Å²) in [5.41, 5.74) is 9.97. The van der Waals surface area contributed by atoms with E-state index in [4.69, 9.17) is 10.5 Å². The summed E-state index contributed by atoms with van der Waals surface area (Å²) < 4.78 is 5.48. The second-order valence-electron chi connectivity index (χ2n) is 18.1. The Labute approximate surface area is 357 Å². The first-order valence-corrected chi connectivity index (χ1v) is 22.5. The molecule has 9 nitrogen and oxygen atoms in total. The summed E-state index contributed by atoms with van der Waals surface area (Å²) in [4.78, 5) is 30.0. The van der Waals surface area contributed by atoms with Gasteiger partial charge in [-0.2, -0.15) is 0 Å². The molecular weight excluding hydrogens is 751 g/mol. The van der Waals surface area contributed by atoms with Crippen LogP contribution in [0.25, 0.3) is 6.08 Å². The third kappa shape index (κ3) is 12.3. The number of hydrogen-bond acceptors (Lipinski definition) is 9. The number of ether oxygens (including phenoxy) is 1. The number of rotatable bonds is 18. The minimum Gasteiger partial charge on any atom is -0.504 e. The molecule has 2 heterocycles. The second kappa shape index (κ2) is 21.9. The van der Waals surface area contributed by atoms with Crippen molar-refractivity contribution in [3.63, 3.8) is 0 Å². The van der Waals surface area contributed by atoms with Crippen LogP contribution >= 0.6 is 0 Å². The summed E-state index contributed by atoms with van der Waals surface area (Å²) in [6.45, 7) is 5.33. The number of aryl methyl sites for hydroxylation is 1. The number of allylic oxidation sites excluding steroid dienone is 1. The average molecular weight is 818 g/mol. The van der Waals surface area contributed by atoms with Crippen molar-refractivity contribution in [3.8, 4) is 23.3 Å². The zero-order chi connectivity index (χ0) is 42.6. The summed E-state index contributed by atoms with van der Waals surface area (Å²) in [5, 5.41) is 38.4. The molecule has 0 unspecified atom stereocenters. The van der Waals surface area contributed by atoms with E-state index >= 15 is 0 Å². The van der Waals surface area contributed by atoms with Crippen LogP contribution in [0.2, 0.25) is 0 Å². The number of pyridine rings is 1. The van der Waals surface area contributed by atoms with Crippen LogP contribution in [-0.2, 0) is 16.0 Å². The van der Waals surface area contributed by atoms with Gasteiger partial charge in [0.25, 0.3) is 0 Å². The van der Waals surface area contributed by atoms with Crippen LogP contribution in [0, 0.1) is 41.4 Å². The Morgan fingerprint density at radius 2 is 1.78 bits per heavy atom. The summed E-state index contributed by atoms with van der Waals surface area (Å²) in [5.74, 6) is 7.80. The first kappa shape index (κ1) is 45.0. The summed E-state index contributed by atoms with van der Waals surface area (Å²) in [6, 6.07) is 17.9. The van der Waals surface area contributed by atoms with E-state index in [1.807, 2.05) is 30.3 Å². The van der Waals surface area contributed by atoms with Gasteiger partial charge in [0.1, 0.15) is 17.5 Å². The first-order chi connectivity index (χ1) is 29.0. The van der Waals surface area contributed by atoms with Crippen molar-refractivity contribution in [2.24, 2.45) is 29.6 Å². The lowest BCUT2D eigenvalue weighted by atomic mass is 9.74. The number of carbonyl (C=O) groups is 2. The predicted molar refractivity (Wildman–Crippen MR) is 238 cm³/mol. The molecular formula is C51H67N3O6. The zero-order valence-corrected chi connectivity index (χ0v) is 35.9. The van der Waals surface area contributed by atoms with Crippen molar-refractivity contribution in [1.29, 1.82) is 0 Å². The Balaban J connectivity index is 1.19. The largest absolute Gasteiger partial charge is 0.504 e. The lowest BCUT2D eigenvalue weighted by Gasteiger charge is -2.39. The van der Waals surface area contributed by atoms with Crippen molar-refractivity contribution in [3.05, 3.63) is 89.1 Å². The number of ketones is 2. The number of aromatic hydroxyl groups is 1. The molecule has 0 bridgehead atoms. The molecule has 0 spiro atoms. The molecule has 3 aromatic rings. The minimum atomic E-state index is -0.885. The van der Waals surface area contributed by atoms with Gasteiger partial charge in [0.05, 0.1) is 19.3 Å². The maximum atomic E-state index is 13.8. The number of methoxy groups -OCH3 is 1. The standard InChI is InChI=1S/C51H67N3O6/c1-33(2)13-20-42(41(38-25-26-53-51(52)29-38)21-14-34-9-5-4-6-10-34)47(57)23-17-36-16-22-43(48(58)24-18-37-28-50(60-3)49(59)31-44(36)37)46(56)12-8-7-11-35-27-39-15-19-40(55)30-45(39)54-32-35/h4-6,9-10,14,21,25-26,28-29,31,33,35-36,39,41-43,45-47,54,56-57,59H,7-8,11-13,15,17-20,23-24,27,30,32H2,1-3H3,(H2,52,53)/b21-14+/t35-,36+,39-,41-,42-,43-,45-,46-,47+/m1/s1. The smallest absolute Gasteiger partial charge is 0.160 e. The number of phenolic OH excluding ortho intramolecular Hbond substituents is 1. The first-order valence-electron chi connectivity index (χ1n) is 22.5. The number of nitrogen functional groups attached to an aromatic ring is 1. The number of carbonyl (C=O) groups excluding carboxylic acids is 2. The number of aliphatic hydroxyl groups is 2. The number of Topliss-reactive ketones (excluding diaryl/α,β-unsaturated/α-hetero) is 2. The molecule has 6 rings (SSSR count). The summed E-state index contributed by atoms with van der Waals surface area (Å²) in [7, 11) is 1.51. The Morgan fingerprint density at radius 1 is 0.967 bits per heavy atom. The van der Waals surface area contributed by atoms with Crippen LogP contribution in [-0.4, -0.2) is 63.8 Å². The van der Waals surface area contributed by atoms with Crippen LogP contribution in [0.5, 0.6) is 11.5 Å². The van der Waals surface area contributed by atoms with Crippen molar-refractivity contribution < 1.29 is 29.6 Å². The average Bonchev–Trinajstić information content (AvgIpc) is 3.30. The molecule has 9 heteroatoms. The molecule has 2 fully saturated rings. The number of phenols is 1. The van der Waals surface area contributed by atoms with E-state index in [-0.39, 0.29) is 29.8 Å². The number of aromatic nitrogens is 1. The maximum absolute atomic E-state index is 13.8. The fourth-order valence-electron chi connectivity index (χ4n) is 9.86. The van der Waals surface area contributed by atoms with E-state index in [1.54, 1.807) is 18.3 Å². The summed E-state index contributed by atoms with van der Waals surface area (Å²) >= 11 is 0. The lowest BCUT2D eigenvalue weighted by Crippen LogP contribution is -2.48. The van der Waals surface area contributed by atoms with Gasteiger partial charge in [0.15, 0.2) is 17.3 Å². The number of nitrogens with two attached hydrogens (primary N) is 1. The van der Waals surface area contributed by atoms with Gasteiger partial charge in [0, 0.05) is 43.3 Å². The molecule has 2 aromatic carbocycles. The number of anilines is 1. The van der Waals surface area contributed by atoms with Gasteiger partial charge >= 0.3 is 0 Å². The van der Waals surface area contributed by atoms with Gasteiger partial charge < -0.3 is 31.1 Å². The Bertz CT molecular complexity index is 1970. The van der Waals surface area contributed by atoms with Crippen LogP contribution in [0.1, 0.15) is 131 Å². The van der Waals surface area contributed by atoms with E-state index in [9.17, 15) is 24.9 Å². The lowest BCUT2D eigenvalue weighted by molar-refractivity contribution is -0.124. The fraction of sp³-hybridized carbons (Fsp3) is 0.549. The molecule has 2 aliphatic carbocycles. The van der Waals surface area contributed by atoms with Crippen molar-refractivity contribution >= 4 is 23.5 Å². The number of fused-ring (bicyclic) bond motifs is 2. The Hall–Kier alpha value is -4.49. The predicted octanol–water partition coefficient (Wildman–Crippen LogP) is 8.56. The zero-order valence-electron chi connectivity index (χ0n) is 35.9. The molecule has 1 aliphatic heterocycles. The third-order valence-electron chi connectivity index (χ3n) is 13.3. The SMILES string of the molecule is COc1cc2c(cc1O)[C@H](CC[C@H](O)[C@H](CCC(C)C)[C@H](/C=C/c1ccccc1)c1ccnc(N)c1)C#C[C@H]([C@H](O)CCCC[C@H]1CN[C@@H]3CC(=O)CC[C@@H]3C1)C(=O)CC2. The van der Waals surface area contributed by atoms with E-state index in [0.29, 0.717) is 79.7 Å². The van der Waals surface area contributed by atoms with Gasteiger partial charge in [-0.25, -0.2) is 4.98 Å². The number of unbranched alkanes of at least 4 members (excludes halogenated alkanes) is 1. The number of benzene rings is 2. The molecule has 6 N–H and O–H groups in total. The normalized spacial score (nSPS) is 23.9. The maximum Gasteiger partial charge on any atom is 0.160 e. The molecule has 322 valence electrons. The molecule has 60 heavy (non-hydrogen) atoms.